The Morgan fingerprint density at radius 3 is 2.81 bits per heavy atom. The maximum Gasteiger partial charge on any atom is 0.220 e. The summed E-state index contributed by atoms with van der Waals surface area (Å²) in [6, 6.07) is 7.82. The van der Waals surface area contributed by atoms with Crippen molar-refractivity contribution in [1.29, 1.82) is 0 Å². The first-order valence-corrected chi connectivity index (χ1v) is 10.0. The smallest absolute Gasteiger partial charge is 0.220 e. The highest BCUT2D eigenvalue weighted by Crippen LogP contribution is 2.39. The highest BCUT2D eigenvalue weighted by molar-refractivity contribution is 8.77. The van der Waals surface area contributed by atoms with Gasteiger partial charge in [-0.05, 0) is 43.4 Å². The Morgan fingerprint density at radius 2 is 2.10 bits per heavy atom. The lowest BCUT2D eigenvalue weighted by atomic mass is 10.1. The second-order valence-corrected chi connectivity index (χ2v) is 8.20. The van der Waals surface area contributed by atoms with Gasteiger partial charge >= 0.3 is 0 Å². The Hall–Kier alpha value is -0.810. The molecule has 1 heterocycles. The summed E-state index contributed by atoms with van der Waals surface area (Å²) in [5.41, 5.74) is 7.63. The van der Waals surface area contributed by atoms with E-state index in [9.17, 15) is 4.79 Å². The number of benzene rings is 1. The number of anilines is 1. The Balaban J connectivity index is 1.50. The van der Waals surface area contributed by atoms with Crippen LogP contribution in [0.5, 0.6) is 0 Å². The van der Waals surface area contributed by atoms with Crippen LogP contribution < -0.4 is 11.1 Å². The minimum absolute atomic E-state index is 0.180. The van der Waals surface area contributed by atoms with Crippen molar-refractivity contribution in [3.8, 4) is 0 Å². The summed E-state index contributed by atoms with van der Waals surface area (Å²) >= 11 is 0. The van der Waals surface area contributed by atoms with E-state index in [4.69, 9.17) is 5.73 Å². The van der Waals surface area contributed by atoms with Crippen LogP contribution in [-0.2, 0) is 11.2 Å². The van der Waals surface area contributed by atoms with Crippen LogP contribution in [-0.4, -0.2) is 23.5 Å². The van der Waals surface area contributed by atoms with Crippen LogP contribution >= 0.6 is 21.6 Å². The molecule has 3 nitrogen and oxygen atoms in total. The van der Waals surface area contributed by atoms with E-state index >= 15 is 0 Å². The molecule has 0 radical (unpaired) electrons. The van der Waals surface area contributed by atoms with Gasteiger partial charge in [-0.25, -0.2) is 0 Å². The summed E-state index contributed by atoms with van der Waals surface area (Å²) in [5, 5.41) is 3.82. The largest absolute Gasteiger partial charge is 0.399 e. The first-order valence-electron chi connectivity index (χ1n) is 7.63. The predicted molar refractivity (Wildman–Crippen MR) is 94.5 cm³/mol. The van der Waals surface area contributed by atoms with E-state index in [0.717, 1.165) is 23.8 Å². The minimum Gasteiger partial charge on any atom is -0.399 e. The Bertz CT molecular complexity index is 430. The second-order valence-electron chi connectivity index (χ2n) is 5.42. The lowest BCUT2D eigenvalue weighted by Crippen LogP contribution is -2.25. The first-order chi connectivity index (χ1) is 10.2. The standard InChI is InChI=1S/C16H24N2OS2/c17-14-7-5-13(6-8-14)9-11-18-16(19)4-2-1-3-15-10-12-20-21-15/h5-8,15H,1-4,9-12,17H2,(H,18,19)/t15-/m1/s1. The highest BCUT2D eigenvalue weighted by Gasteiger charge is 2.15. The molecule has 0 bridgehead atoms. The number of nitrogen functional groups attached to an aromatic ring is 1. The fraction of sp³-hybridized carbons (Fsp3) is 0.562. The van der Waals surface area contributed by atoms with Crippen LogP contribution in [0.1, 0.15) is 37.7 Å². The van der Waals surface area contributed by atoms with Gasteiger partial charge in [-0.15, -0.1) is 0 Å². The zero-order valence-electron chi connectivity index (χ0n) is 12.3. The van der Waals surface area contributed by atoms with Gasteiger partial charge in [0.15, 0.2) is 0 Å². The third kappa shape index (κ3) is 6.66. The Kier molecular flexibility index (Phi) is 7.30. The van der Waals surface area contributed by atoms with E-state index in [-0.39, 0.29) is 5.91 Å². The van der Waals surface area contributed by atoms with Crippen molar-refractivity contribution in [2.45, 2.75) is 43.8 Å². The van der Waals surface area contributed by atoms with Crippen molar-refractivity contribution in [3.05, 3.63) is 29.8 Å². The molecule has 1 saturated heterocycles. The van der Waals surface area contributed by atoms with E-state index in [0.29, 0.717) is 13.0 Å². The molecule has 5 heteroatoms. The molecule has 1 aliphatic rings. The summed E-state index contributed by atoms with van der Waals surface area (Å²) in [6.45, 7) is 0.706. The summed E-state index contributed by atoms with van der Waals surface area (Å²) in [4.78, 5) is 11.7. The normalized spacial score (nSPS) is 17.8. The maximum atomic E-state index is 11.7. The molecule has 0 spiro atoms. The number of unbranched alkanes of at least 4 members (excludes halogenated alkanes) is 1. The van der Waals surface area contributed by atoms with Gasteiger partial charge < -0.3 is 11.1 Å². The van der Waals surface area contributed by atoms with Crippen molar-refractivity contribution < 1.29 is 4.79 Å². The van der Waals surface area contributed by atoms with E-state index in [2.05, 4.69) is 5.32 Å². The summed E-state index contributed by atoms with van der Waals surface area (Å²) in [5.74, 6) is 1.47. The highest BCUT2D eigenvalue weighted by atomic mass is 33.1. The number of carbonyl (C=O) groups is 1. The van der Waals surface area contributed by atoms with Crippen LogP contribution in [0.15, 0.2) is 24.3 Å². The van der Waals surface area contributed by atoms with Gasteiger partial charge in [0.1, 0.15) is 0 Å². The molecule has 1 aromatic carbocycles. The van der Waals surface area contributed by atoms with Crippen molar-refractivity contribution in [2.24, 2.45) is 0 Å². The quantitative estimate of drug-likeness (QED) is 0.435. The van der Waals surface area contributed by atoms with Crippen molar-refractivity contribution >= 4 is 33.2 Å². The number of hydrogen-bond acceptors (Lipinski definition) is 4. The molecule has 116 valence electrons. The number of carbonyl (C=O) groups excluding carboxylic acids is 1. The van der Waals surface area contributed by atoms with E-state index < -0.39 is 0 Å². The molecule has 1 fully saturated rings. The maximum absolute atomic E-state index is 11.7. The minimum atomic E-state index is 0.180. The van der Waals surface area contributed by atoms with Gasteiger partial charge in [0, 0.05) is 29.7 Å². The topological polar surface area (TPSA) is 55.1 Å². The SMILES string of the molecule is Nc1ccc(CCNC(=O)CCCC[C@@H]2CCSS2)cc1. The molecule has 1 amide bonds. The van der Waals surface area contributed by atoms with E-state index in [1.54, 1.807) is 0 Å². The molecule has 1 aliphatic heterocycles. The molecule has 0 unspecified atom stereocenters. The van der Waals surface area contributed by atoms with Crippen LogP contribution in [0.3, 0.4) is 0 Å². The molecule has 2 rings (SSSR count). The van der Waals surface area contributed by atoms with Crippen LogP contribution in [0, 0.1) is 0 Å². The Labute approximate surface area is 135 Å². The van der Waals surface area contributed by atoms with E-state index in [1.165, 1.54) is 30.6 Å². The molecule has 0 saturated carbocycles. The van der Waals surface area contributed by atoms with Gasteiger partial charge in [0.2, 0.25) is 5.91 Å². The third-order valence-electron chi connectivity index (χ3n) is 3.62. The molecule has 1 aromatic rings. The number of rotatable bonds is 8. The zero-order chi connectivity index (χ0) is 14.9. The van der Waals surface area contributed by atoms with Gasteiger partial charge in [0.05, 0.1) is 0 Å². The molecule has 3 N–H and O–H groups in total. The fourth-order valence-corrected chi connectivity index (χ4v) is 5.37. The molecule has 0 aliphatic carbocycles. The summed E-state index contributed by atoms with van der Waals surface area (Å²) in [6.07, 6.45) is 6.30. The van der Waals surface area contributed by atoms with Crippen molar-refractivity contribution in [1.82, 2.24) is 5.32 Å². The average Bonchev–Trinajstić information content (AvgIpc) is 2.99. The summed E-state index contributed by atoms with van der Waals surface area (Å²) in [7, 11) is 4.01. The third-order valence-corrected chi connectivity index (χ3v) is 6.63. The lowest BCUT2D eigenvalue weighted by Gasteiger charge is -2.08. The lowest BCUT2D eigenvalue weighted by molar-refractivity contribution is -0.121. The molecule has 0 aromatic heterocycles. The Morgan fingerprint density at radius 1 is 1.29 bits per heavy atom. The van der Waals surface area contributed by atoms with Gasteiger partial charge in [-0.2, -0.15) is 0 Å². The van der Waals surface area contributed by atoms with Crippen molar-refractivity contribution in [3.63, 3.8) is 0 Å². The number of nitrogens with two attached hydrogens (primary N) is 1. The predicted octanol–water partition coefficient (Wildman–Crippen LogP) is 3.64. The van der Waals surface area contributed by atoms with Gasteiger partial charge in [0.25, 0.3) is 0 Å². The molecular formula is C16H24N2OS2. The summed E-state index contributed by atoms with van der Waals surface area (Å²) < 4.78 is 0. The van der Waals surface area contributed by atoms with E-state index in [1.807, 2.05) is 45.9 Å². The van der Waals surface area contributed by atoms with Gasteiger partial charge in [-0.1, -0.05) is 40.1 Å². The first kappa shape index (κ1) is 16.6. The monoisotopic (exact) mass is 324 g/mol. The molecule has 21 heavy (non-hydrogen) atoms. The molecule has 1 atom stereocenters. The van der Waals surface area contributed by atoms with Crippen LogP contribution in [0.25, 0.3) is 0 Å². The number of amides is 1. The van der Waals surface area contributed by atoms with Crippen LogP contribution in [0.4, 0.5) is 5.69 Å². The van der Waals surface area contributed by atoms with Gasteiger partial charge in [-0.3, -0.25) is 4.79 Å². The number of nitrogens with one attached hydrogen (secondary N) is 1. The average molecular weight is 325 g/mol. The molecular weight excluding hydrogens is 300 g/mol. The second kappa shape index (κ2) is 9.26. The number of hydrogen-bond donors (Lipinski definition) is 2. The van der Waals surface area contributed by atoms with Crippen LogP contribution in [0.2, 0.25) is 0 Å². The van der Waals surface area contributed by atoms with Crippen molar-refractivity contribution in [2.75, 3.05) is 18.0 Å². The zero-order valence-corrected chi connectivity index (χ0v) is 14.0. The fourth-order valence-electron chi connectivity index (χ4n) is 2.34.